The van der Waals surface area contributed by atoms with Gasteiger partial charge in [0.2, 0.25) is 0 Å². The van der Waals surface area contributed by atoms with Crippen LogP contribution in [0.2, 0.25) is 10.0 Å². The monoisotopic (exact) mass is 347 g/mol. The van der Waals surface area contributed by atoms with Crippen LogP contribution in [0.15, 0.2) is 42.7 Å². The van der Waals surface area contributed by atoms with E-state index in [1.54, 1.807) is 47.3 Å². The quantitative estimate of drug-likeness (QED) is 0.786. The largest absolute Gasteiger partial charge is 0.320 e. The molecule has 0 fully saturated rings. The number of nitrogens with one attached hydrogen (secondary N) is 1. The van der Waals surface area contributed by atoms with Crippen LogP contribution in [0.5, 0.6) is 0 Å². The van der Waals surface area contributed by atoms with E-state index in [2.05, 4.69) is 20.5 Å². The Labute approximate surface area is 142 Å². The van der Waals surface area contributed by atoms with Gasteiger partial charge in [0.05, 0.1) is 0 Å². The molecule has 0 saturated heterocycles. The molecule has 0 saturated carbocycles. The Hall–Kier alpha value is -2.44. The smallest absolute Gasteiger partial charge is 0.276 e. The Kier molecular flexibility index (Phi) is 4.27. The number of aryl methyl sites for hydroxylation is 1. The standard InChI is InChI=1S/C15H11Cl2N5O/c1-9-18-4-5-22(9)14-3-2-13(20-21-14)15(23)19-12-7-10(16)6-11(17)8-12/h2-8H,1H3,(H,19,23). The van der Waals surface area contributed by atoms with Crippen LogP contribution in [-0.2, 0) is 0 Å². The average molecular weight is 348 g/mol. The molecule has 0 spiro atoms. The number of anilines is 1. The lowest BCUT2D eigenvalue weighted by molar-refractivity contribution is 0.102. The fraction of sp³-hybridized carbons (Fsp3) is 0.0667. The van der Waals surface area contributed by atoms with E-state index in [9.17, 15) is 4.79 Å². The lowest BCUT2D eigenvalue weighted by atomic mass is 10.3. The van der Waals surface area contributed by atoms with Crippen molar-refractivity contribution in [3.05, 3.63) is 64.3 Å². The summed E-state index contributed by atoms with van der Waals surface area (Å²) in [6, 6.07) is 8.07. The molecule has 116 valence electrons. The van der Waals surface area contributed by atoms with E-state index in [4.69, 9.17) is 23.2 Å². The number of nitrogens with zero attached hydrogens (tertiary/aromatic N) is 4. The average Bonchev–Trinajstić information content (AvgIpc) is 2.92. The third-order valence-corrected chi connectivity index (χ3v) is 3.51. The molecular formula is C15H11Cl2N5O. The highest BCUT2D eigenvalue weighted by molar-refractivity contribution is 6.35. The van der Waals surface area contributed by atoms with Crippen LogP contribution in [-0.4, -0.2) is 25.7 Å². The van der Waals surface area contributed by atoms with Crippen molar-refractivity contribution in [1.82, 2.24) is 19.7 Å². The molecule has 3 rings (SSSR count). The van der Waals surface area contributed by atoms with Crippen LogP contribution in [0.4, 0.5) is 5.69 Å². The number of rotatable bonds is 3. The van der Waals surface area contributed by atoms with Gasteiger partial charge in [-0.1, -0.05) is 23.2 Å². The van der Waals surface area contributed by atoms with Crippen molar-refractivity contribution in [3.8, 4) is 5.82 Å². The summed E-state index contributed by atoms with van der Waals surface area (Å²) in [6.07, 6.45) is 3.44. The van der Waals surface area contributed by atoms with Crippen molar-refractivity contribution in [2.75, 3.05) is 5.32 Å². The van der Waals surface area contributed by atoms with Crippen LogP contribution in [0.1, 0.15) is 16.3 Å². The highest BCUT2D eigenvalue weighted by atomic mass is 35.5. The van der Waals surface area contributed by atoms with E-state index in [0.717, 1.165) is 5.82 Å². The van der Waals surface area contributed by atoms with E-state index in [-0.39, 0.29) is 5.69 Å². The second kappa shape index (κ2) is 6.36. The zero-order chi connectivity index (χ0) is 16.4. The summed E-state index contributed by atoms with van der Waals surface area (Å²) in [5.74, 6) is 0.970. The minimum absolute atomic E-state index is 0.183. The highest BCUT2D eigenvalue weighted by Gasteiger charge is 2.11. The van der Waals surface area contributed by atoms with Crippen molar-refractivity contribution in [3.63, 3.8) is 0 Å². The molecule has 0 unspecified atom stereocenters. The summed E-state index contributed by atoms with van der Waals surface area (Å²) < 4.78 is 1.77. The Balaban J connectivity index is 1.79. The lowest BCUT2D eigenvalue weighted by Gasteiger charge is -2.07. The minimum atomic E-state index is -0.398. The summed E-state index contributed by atoms with van der Waals surface area (Å²) in [6.45, 7) is 1.85. The minimum Gasteiger partial charge on any atom is -0.320 e. The Bertz CT molecular complexity index is 840. The first-order valence-electron chi connectivity index (χ1n) is 6.64. The molecule has 1 amide bonds. The number of carbonyl (C=O) groups is 1. The van der Waals surface area contributed by atoms with Crippen LogP contribution in [0.3, 0.4) is 0 Å². The normalized spacial score (nSPS) is 10.6. The summed E-state index contributed by atoms with van der Waals surface area (Å²) in [5.41, 5.74) is 0.673. The van der Waals surface area contributed by atoms with Gasteiger partial charge in [0.25, 0.3) is 5.91 Å². The molecular weight excluding hydrogens is 337 g/mol. The van der Waals surface area contributed by atoms with Gasteiger partial charge in [-0.3, -0.25) is 9.36 Å². The first-order chi connectivity index (χ1) is 11.0. The topological polar surface area (TPSA) is 72.7 Å². The first kappa shape index (κ1) is 15.5. The third-order valence-electron chi connectivity index (χ3n) is 3.08. The molecule has 1 N–H and O–H groups in total. The van der Waals surface area contributed by atoms with Crippen LogP contribution < -0.4 is 5.32 Å². The predicted octanol–water partition coefficient (Wildman–Crippen LogP) is 3.53. The molecule has 0 radical (unpaired) electrons. The molecule has 0 aliphatic heterocycles. The first-order valence-corrected chi connectivity index (χ1v) is 7.40. The van der Waals surface area contributed by atoms with Gasteiger partial charge in [-0.15, -0.1) is 10.2 Å². The van der Waals surface area contributed by atoms with E-state index in [0.29, 0.717) is 21.6 Å². The maximum absolute atomic E-state index is 12.2. The predicted molar refractivity (Wildman–Crippen MR) is 88.3 cm³/mol. The van der Waals surface area contributed by atoms with Gasteiger partial charge in [-0.25, -0.2) is 4.98 Å². The zero-order valence-corrected chi connectivity index (χ0v) is 13.5. The van der Waals surface area contributed by atoms with Gasteiger partial charge in [0.15, 0.2) is 11.5 Å². The SMILES string of the molecule is Cc1nccn1-c1ccc(C(=O)Nc2cc(Cl)cc(Cl)c2)nn1. The molecule has 23 heavy (non-hydrogen) atoms. The molecule has 2 aromatic heterocycles. The number of carbonyl (C=O) groups excluding carboxylic acids is 1. The lowest BCUT2D eigenvalue weighted by Crippen LogP contribution is -2.15. The van der Waals surface area contributed by atoms with Gasteiger partial charge in [-0.05, 0) is 37.3 Å². The van der Waals surface area contributed by atoms with Crippen molar-refractivity contribution >= 4 is 34.8 Å². The maximum Gasteiger partial charge on any atom is 0.276 e. The number of aromatic nitrogens is 4. The van der Waals surface area contributed by atoms with Crippen LogP contribution in [0, 0.1) is 6.92 Å². The number of imidazole rings is 1. The second-order valence-electron chi connectivity index (χ2n) is 4.73. The summed E-state index contributed by atoms with van der Waals surface area (Å²) in [7, 11) is 0. The third kappa shape index (κ3) is 3.49. The Morgan fingerprint density at radius 3 is 2.43 bits per heavy atom. The molecule has 0 aliphatic carbocycles. The van der Waals surface area contributed by atoms with Crippen LogP contribution >= 0.6 is 23.2 Å². The maximum atomic E-state index is 12.2. The molecule has 6 nitrogen and oxygen atoms in total. The van der Waals surface area contributed by atoms with Crippen molar-refractivity contribution in [2.45, 2.75) is 6.92 Å². The van der Waals surface area contributed by atoms with Gasteiger partial charge in [-0.2, -0.15) is 0 Å². The zero-order valence-electron chi connectivity index (χ0n) is 12.0. The van der Waals surface area contributed by atoms with E-state index < -0.39 is 5.91 Å². The fourth-order valence-electron chi connectivity index (χ4n) is 2.02. The van der Waals surface area contributed by atoms with Gasteiger partial charge in [0.1, 0.15) is 5.82 Å². The fourth-order valence-corrected chi connectivity index (χ4v) is 2.54. The number of hydrogen-bond acceptors (Lipinski definition) is 4. The molecule has 2 heterocycles. The molecule has 0 aliphatic rings. The van der Waals surface area contributed by atoms with Crippen LogP contribution in [0.25, 0.3) is 5.82 Å². The van der Waals surface area contributed by atoms with Crippen molar-refractivity contribution < 1.29 is 4.79 Å². The summed E-state index contributed by atoms with van der Waals surface area (Å²) in [5, 5.41) is 11.5. The molecule has 8 heteroatoms. The van der Waals surface area contributed by atoms with Crippen molar-refractivity contribution in [1.29, 1.82) is 0 Å². The summed E-state index contributed by atoms with van der Waals surface area (Å²) in [4.78, 5) is 16.3. The van der Waals surface area contributed by atoms with Gasteiger partial charge in [0, 0.05) is 28.1 Å². The number of halogens is 2. The second-order valence-corrected chi connectivity index (χ2v) is 5.61. The van der Waals surface area contributed by atoms with Gasteiger partial charge >= 0.3 is 0 Å². The van der Waals surface area contributed by atoms with Gasteiger partial charge < -0.3 is 5.32 Å². The number of amides is 1. The Morgan fingerprint density at radius 1 is 1.13 bits per heavy atom. The van der Waals surface area contributed by atoms with Crippen molar-refractivity contribution in [2.24, 2.45) is 0 Å². The van der Waals surface area contributed by atoms with E-state index in [1.807, 2.05) is 6.92 Å². The molecule has 0 bridgehead atoms. The highest BCUT2D eigenvalue weighted by Crippen LogP contribution is 2.22. The molecule has 0 atom stereocenters. The van der Waals surface area contributed by atoms with E-state index in [1.165, 1.54) is 0 Å². The Morgan fingerprint density at radius 2 is 1.87 bits per heavy atom. The number of benzene rings is 1. The molecule has 3 aromatic rings. The summed E-state index contributed by atoms with van der Waals surface area (Å²) >= 11 is 11.8. The number of hydrogen-bond donors (Lipinski definition) is 1. The molecule has 1 aromatic carbocycles. The van der Waals surface area contributed by atoms with E-state index >= 15 is 0 Å².